The highest BCUT2D eigenvalue weighted by Gasteiger charge is 2.47. The molecule has 2 atom stereocenters. The number of likely N-dealkylation sites (tertiary alicyclic amines) is 1. The standard InChI is InChI=1S/C19H23NO4/c1-12-7-8-16(13(2)11-12)24-17(21)9-10-20-18(22)14-5-3-4-6-15(14)19(20)23/h7-8,11,14-15H,3-6,9-10H2,1-2H3/t14-,15-/m1/s1. The minimum absolute atomic E-state index is 0.0320. The summed E-state index contributed by atoms with van der Waals surface area (Å²) in [5, 5.41) is 0. The van der Waals surface area contributed by atoms with Gasteiger partial charge in [0.15, 0.2) is 0 Å². The number of aryl methyl sites for hydroxylation is 2. The van der Waals surface area contributed by atoms with E-state index in [0.29, 0.717) is 5.75 Å². The number of carbonyl (C=O) groups excluding carboxylic acids is 3. The van der Waals surface area contributed by atoms with Crippen molar-refractivity contribution in [1.82, 2.24) is 4.90 Å². The van der Waals surface area contributed by atoms with Crippen LogP contribution in [0.3, 0.4) is 0 Å². The van der Waals surface area contributed by atoms with E-state index >= 15 is 0 Å². The van der Waals surface area contributed by atoms with Gasteiger partial charge in [0.1, 0.15) is 5.75 Å². The molecule has 2 amide bonds. The number of fused-ring (bicyclic) bond motifs is 1. The van der Waals surface area contributed by atoms with Crippen molar-refractivity contribution in [3.8, 4) is 5.75 Å². The third kappa shape index (κ3) is 3.21. The van der Waals surface area contributed by atoms with Gasteiger partial charge in [-0.3, -0.25) is 19.3 Å². The lowest BCUT2D eigenvalue weighted by Crippen LogP contribution is -2.33. The van der Waals surface area contributed by atoms with Crippen LogP contribution in [0, 0.1) is 25.7 Å². The first-order chi connectivity index (χ1) is 11.5. The summed E-state index contributed by atoms with van der Waals surface area (Å²) < 4.78 is 5.36. The van der Waals surface area contributed by atoms with Crippen LogP contribution in [0.5, 0.6) is 5.75 Å². The molecule has 1 saturated carbocycles. The average Bonchev–Trinajstić information content (AvgIpc) is 2.80. The van der Waals surface area contributed by atoms with Crippen LogP contribution in [0.4, 0.5) is 0 Å². The molecule has 5 nitrogen and oxygen atoms in total. The van der Waals surface area contributed by atoms with Gasteiger partial charge in [0.25, 0.3) is 0 Å². The van der Waals surface area contributed by atoms with Crippen LogP contribution < -0.4 is 4.74 Å². The van der Waals surface area contributed by atoms with E-state index in [4.69, 9.17) is 4.74 Å². The quantitative estimate of drug-likeness (QED) is 0.484. The third-order valence-corrected chi connectivity index (χ3v) is 5.03. The Morgan fingerprint density at radius 3 is 2.33 bits per heavy atom. The van der Waals surface area contributed by atoms with Gasteiger partial charge in [-0.2, -0.15) is 0 Å². The molecule has 1 aliphatic heterocycles. The number of imide groups is 1. The van der Waals surface area contributed by atoms with Crippen LogP contribution in [-0.4, -0.2) is 29.2 Å². The van der Waals surface area contributed by atoms with Crippen molar-refractivity contribution in [3.63, 3.8) is 0 Å². The predicted molar refractivity (Wildman–Crippen MR) is 88.3 cm³/mol. The van der Waals surface area contributed by atoms with E-state index in [-0.39, 0.29) is 36.6 Å². The summed E-state index contributed by atoms with van der Waals surface area (Å²) in [5.74, 6) is -0.438. The highest BCUT2D eigenvalue weighted by Crippen LogP contribution is 2.38. The lowest BCUT2D eigenvalue weighted by atomic mass is 9.81. The normalized spacial score (nSPS) is 23.3. The second-order valence-electron chi connectivity index (χ2n) is 6.82. The SMILES string of the molecule is Cc1ccc(OC(=O)CCN2C(=O)[C@@H]3CCCC[C@H]3C2=O)c(C)c1. The molecular formula is C19H23NO4. The molecule has 1 aromatic rings. The number of amides is 2. The molecule has 1 aliphatic carbocycles. The van der Waals surface area contributed by atoms with Gasteiger partial charge in [-0.15, -0.1) is 0 Å². The summed E-state index contributed by atoms with van der Waals surface area (Å²) >= 11 is 0. The second-order valence-corrected chi connectivity index (χ2v) is 6.82. The van der Waals surface area contributed by atoms with E-state index in [1.54, 1.807) is 6.07 Å². The number of hydrogen-bond donors (Lipinski definition) is 0. The molecule has 2 aliphatic rings. The van der Waals surface area contributed by atoms with Crippen molar-refractivity contribution in [2.75, 3.05) is 6.54 Å². The molecule has 128 valence electrons. The lowest BCUT2D eigenvalue weighted by Gasteiger charge is -2.19. The Labute approximate surface area is 142 Å². The molecular weight excluding hydrogens is 306 g/mol. The molecule has 0 N–H and O–H groups in total. The Morgan fingerprint density at radius 2 is 1.75 bits per heavy atom. The van der Waals surface area contributed by atoms with Gasteiger partial charge in [0.05, 0.1) is 18.3 Å². The first kappa shape index (κ1) is 16.7. The third-order valence-electron chi connectivity index (χ3n) is 5.03. The zero-order chi connectivity index (χ0) is 17.3. The van der Waals surface area contributed by atoms with Gasteiger partial charge in [-0.1, -0.05) is 30.5 Å². The first-order valence-corrected chi connectivity index (χ1v) is 8.60. The maximum Gasteiger partial charge on any atom is 0.313 e. The van der Waals surface area contributed by atoms with Gasteiger partial charge in [0.2, 0.25) is 11.8 Å². The molecule has 1 aromatic carbocycles. The topological polar surface area (TPSA) is 63.7 Å². The molecule has 2 fully saturated rings. The minimum atomic E-state index is -0.419. The molecule has 0 spiro atoms. The van der Waals surface area contributed by atoms with Gasteiger partial charge >= 0.3 is 5.97 Å². The molecule has 0 bridgehead atoms. The Balaban J connectivity index is 1.58. The number of hydrogen-bond acceptors (Lipinski definition) is 4. The number of rotatable bonds is 4. The fourth-order valence-electron chi connectivity index (χ4n) is 3.74. The second kappa shape index (κ2) is 6.75. The summed E-state index contributed by atoms with van der Waals surface area (Å²) in [6.45, 7) is 3.98. The molecule has 3 rings (SSSR count). The Morgan fingerprint density at radius 1 is 1.12 bits per heavy atom. The van der Waals surface area contributed by atoms with Crippen molar-refractivity contribution in [1.29, 1.82) is 0 Å². The van der Waals surface area contributed by atoms with Crippen LogP contribution in [0.25, 0.3) is 0 Å². The van der Waals surface area contributed by atoms with Crippen molar-refractivity contribution in [2.45, 2.75) is 46.0 Å². The summed E-state index contributed by atoms with van der Waals surface area (Å²) in [7, 11) is 0. The van der Waals surface area contributed by atoms with E-state index in [1.807, 2.05) is 26.0 Å². The van der Waals surface area contributed by atoms with Gasteiger partial charge in [-0.25, -0.2) is 0 Å². The Hall–Kier alpha value is -2.17. The van der Waals surface area contributed by atoms with Crippen LogP contribution in [0.15, 0.2) is 18.2 Å². The molecule has 24 heavy (non-hydrogen) atoms. The van der Waals surface area contributed by atoms with Crippen molar-refractivity contribution in [3.05, 3.63) is 29.3 Å². The van der Waals surface area contributed by atoms with Gasteiger partial charge in [-0.05, 0) is 38.3 Å². The number of benzene rings is 1. The fraction of sp³-hybridized carbons (Fsp3) is 0.526. The van der Waals surface area contributed by atoms with Gasteiger partial charge < -0.3 is 4.74 Å². The predicted octanol–water partition coefficient (Wildman–Crippen LogP) is 2.77. The number of ether oxygens (including phenoxy) is 1. The first-order valence-electron chi connectivity index (χ1n) is 8.60. The zero-order valence-electron chi connectivity index (χ0n) is 14.2. The Kier molecular flexibility index (Phi) is 4.69. The van der Waals surface area contributed by atoms with Gasteiger partial charge in [0, 0.05) is 6.54 Å². The maximum atomic E-state index is 12.4. The highest BCUT2D eigenvalue weighted by molar-refractivity contribution is 6.05. The van der Waals surface area contributed by atoms with Crippen LogP contribution in [-0.2, 0) is 14.4 Å². The fourth-order valence-corrected chi connectivity index (χ4v) is 3.74. The van der Waals surface area contributed by atoms with Crippen LogP contribution >= 0.6 is 0 Å². The monoisotopic (exact) mass is 329 g/mol. The van der Waals surface area contributed by atoms with E-state index < -0.39 is 5.97 Å². The molecule has 0 aromatic heterocycles. The average molecular weight is 329 g/mol. The number of carbonyl (C=O) groups is 3. The molecule has 0 unspecified atom stereocenters. The summed E-state index contributed by atoms with van der Waals surface area (Å²) in [6, 6.07) is 5.60. The van der Waals surface area contributed by atoms with E-state index in [1.165, 1.54) is 4.90 Å². The summed E-state index contributed by atoms with van der Waals surface area (Å²) in [4.78, 5) is 38.1. The van der Waals surface area contributed by atoms with Crippen LogP contribution in [0.1, 0.15) is 43.2 Å². The van der Waals surface area contributed by atoms with E-state index in [9.17, 15) is 14.4 Å². The van der Waals surface area contributed by atoms with E-state index in [2.05, 4.69) is 0 Å². The zero-order valence-corrected chi connectivity index (χ0v) is 14.2. The van der Waals surface area contributed by atoms with E-state index in [0.717, 1.165) is 36.8 Å². The summed E-state index contributed by atoms with van der Waals surface area (Å²) in [6.07, 6.45) is 3.62. The maximum absolute atomic E-state index is 12.4. The molecule has 1 heterocycles. The molecule has 0 radical (unpaired) electrons. The largest absolute Gasteiger partial charge is 0.426 e. The smallest absolute Gasteiger partial charge is 0.313 e. The Bertz CT molecular complexity index is 658. The molecule has 1 saturated heterocycles. The number of nitrogens with zero attached hydrogens (tertiary/aromatic N) is 1. The van der Waals surface area contributed by atoms with Crippen LogP contribution in [0.2, 0.25) is 0 Å². The summed E-state index contributed by atoms with van der Waals surface area (Å²) in [5.41, 5.74) is 1.99. The number of esters is 1. The lowest BCUT2D eigenvalue weighted by molar-refractivity contribution is -0.141. The molecule has 5 heteroatoms. The van der Waals surface area contributed by atoms with Crippen molar-refractivity contribution in [2.24, 2.45) is 11.8 Å². The van der Waals surface area contributed by atoms with Crippen molar-refractivity contribution >= 4 is 17.8 Å². The highest BCUT2D eigenvalue weighted by atomic mass is 16.5. The van der Waals surface area contributed by atoms with Crippen molar-refractivity contribution < 1.29 is 19.1 Å². The minimum Gasteiger partial charge on any atom is -0.426 e.